The molecular formula is C14H18N2OS. The van der Waals surface area contributed by atoms with E-state index in [1.54, 1.807) is 11.3 Å². The zero-order valence-electron chi connectivity index (χ0n) is 10.6. The van der Waals surface area contributed by atoms with Crippen LogP contribution in [0.15, 0.2) is 35.7 Å². The number of para-hydroxylation sites is 1. The predicted molar refractivity (Wildman–Crippen MR) is 75.1 cm³/mol. The lowest BCUT2D eigenvalue weighted by atomic mass is 10.3. The molecule has 0 atom stereocenters. The van der Waals surface area contributed by atoms with Gasteiger partial charge in [0.25, 0.3) is 0 Å². The van der Waals surface area contributed by atoms with Gasteiger partial charge in [-0.15, -0.1) is 11.3 Å². The Morgan fingerprint density at radius 2 is 2.11 bits per heavy atom. The molecule has 0 bridgehead atoms. The highest BCUT2D eigenvalue weighted by Crippen LogP contribution is 2.08. The summed E-state index contributed by atoms with van der Waals surface area (Å²) in [6.07, 6.45) is 0.998. The van der Waals surface area contributed by atoms with E-state index in [2.05, 4.69) is 15.7 Å². The van der Waals surface area contributed by atoms with Gasteiger partial charge in [-0.25, -0.2) is 4.98 Å². The highest BCUT2D eigenvalue weighted by Gasteiger charge is 1.97. The molecule has 1 N–H and O–H groups in total. The molecule has 0 fully saturated rings. The van der Waals surface area contributed by atoms with Crippen LogP contribution >= 0.6 is 11.3 Å². The fourth-order valence-corrected chi connectivity index (χ4v) is 2.22. The number of rotatable bonds is 7. The van der Waals surface area contributed by atoms with Gasteiger partial charge in [0.15, 0.2) is 0 Å². The van der Waals surface area contributed by atoms with Crippen LogP contribution in [0.1, 0.15) is 17.1 Å². The molecule has 3 nitrogen and oxygen atoms in total. The molecule has 0 unspecified atom stereocenters. The molecule has 0 amide bonds. The summed E-state index contributed by atoms with van der Waals surface area (Å²) in [5, 5.41) is 6.59. The molecule has 96 valence electrons. The molecule has 18 heavy (non-hydrogen) atoms. The Morgan fingerprint density at radius 3 is 2.83 bits per heavy atom. The summed E-state index contributed by atoms with van der Waals surface area (Å²) >= 11 is 1.69. The topological polar surface area (TPSA) is 34.2 Å². The molecule has 0 spiro atoms. The highest BCUT2D eigenvalue weighted by molar-refractivity contribution is 7.09. The quantitative estimate of drug-likeness (QED) is 0.779. The number of nitrogens with one attached hydrogen (secondary N) is 1. The minimum absolute atomic E-state index is 0.743. The summed E-state index contributed by atoms with van der Waals surface area (Å²) in [6, 6.07) is 9.91. The number of ether oxygens (including phenoxy) is 1. The van der Waals surface area contributed by atoms with Crippen LogP contribution in [0.5, 0.6) is 5.75 Å². The number of hydrogen-bond acceptors (Lipinski definition) is 4. The Labute approximate surface area is 112 Å². The second kappa shape index (κ2) is 7.13. The third-order valence-electron chi connectivity index (χ3n) is 2.48. The van der Waals surface area contributed by atoms with Gasteiger partial charge in [-0.2, -0.15) is 0 Å². The van der Waals surface area contributed by atoms with E-state index in [1.807, 2.05) is 37.3 Å². The van der Waals surface area contributed by atoms with Crippen molar-refractivity contribution < 1.29 is 4.74 Å². The Kier molecular flexibility index (Phi) is 5.17. The van der Waals surface area contributed by atoms with Gasteiger partial charge >= 0.3 is 0 Å². The number of aryl methyl sites for hydroxylation is 1. The van der Waals surface area contributed by atoms with Crippen LogP contribution < -0.4 is 10.1 Å². The minimum Gasteiger partial charge on any atom is -0.494 e. The second-order valence-electron chi connectivity index (χ2n) is 4.05. The van der Waals surface area contributed by atoms with Gasteiger partial charge in [0.1, 0.15) is 5.75 Å². The largest absolute Gasteiger partial charge is 0.494 e. The third kappa shape index (κ3) is 4.47. The summed E-state index contributed by atoms with van der Waals surface area (Å²) in [4.78, 5) is 4.40. The number of aromatic nitrogens is 1. The maximum atomic E-state index is 5.61. The molecule has 2 aromatic rings. The minimum atomic E-state index is 0.743. The lowest BCUT2D eigenvalue weighted by Gasteiger charge is -2.06. The summed E-state index contributed by atoms with van der Waals surface area (Å²) < 4.78 is 5.61. The van der Waals surface area contributed by atoms with Gasteiger partial charge in [-0.3, -0.25) is 0 Å². The van der Waals surface area contributed by atoms with E-state index in [4.69, 9.17) is 4.74 Å². The monoisotopic (exact) mass is 262 g/mol. The van der Waals surface area contributed by atoms with Crippen molar-refractivity contribution in [3.05, 3.63) is 46.4 Å². The summed E-state index contributed by atoms with van der Waals surface area (Å²) in [6.45, 7) is 4.56. The first kappa shape index (κ1) is 13.1. The number of thiazole rings is 1. The molecule has 0 aliphatic carbocycles. The molecule has 0 saturated heterocycles. The van der Waals surface area contributed by atoms with Crippen molar-refractivity contribution in [3.63, 3.8) is 0 Å². The van der Waals surface area contributed by atoms with Crippen LogP contribution in [-0.4, -0.2) is 18.1 Å². The van der Waals surface area contributed by atoms with Crippen LogP contribution in [0.4, 0.5) is 0 Å². The van der Waals surface area contributed by atoms with Crippen LogP contribution in [0.2, 0.25) is 0 Å². The number of nitrogens with zero attached hydrogens (tertiary/aromatic N) is 1. The maximum absolute atomic E-state index is 5.61. The molecule has 2 rings (SSSR count). The first-order valence-corrected chi connectivity index (χ1v) is 7.02. The van der Waals surface area contributed by atoms with Gasteiger partial charge in [0.05, 0.1) is 17.3 Å². The van der Waals surface area contributed by atoms with E-state index >= 15 is 0 Å². The van der Waals surface area contributed by atoms with Gasteiger partial charge in [-0.1, -0.05) is 18.2 Å². The molecule has 4 heteroatoms. The SMILES string of the molecule is Cc1nc(CNCCCOc2ccccc2)cs1. The molecule has 1 aromatic heterocycles. The predicted octanol–water partition coefficient (Wildman–Crippen LogP) is 3.01. The zero-order chi connectivity index (χ0) is 12.6. The molecular weight excluding hydrogens is 244 g/mol. The van der Waals surface area contributed by atoms with Crippen LogP contribution in [0.3, 0.4) is 0 Å². The van der Waals surface area contributed by atoms with Crippen molar-refractivity contribution >= 4 is 11.3 Å². The second-order valence-corrected chi connectivity index (χ2v) is 5.11. The van der Waals surface area contributed by atoms with Gasteiger partial charge in [-0.05, 0) is 32.0 Å². The van der Waals surface area contributed by atoms with Crippen molar-refractivity contribution in [3.8, 4) is 5.75 Å². The average Bonchev–Trinajstić information content (AvgIpc) is 2.81. The fraction of sp³-hybridized carbons (Fsp3) is 0.357. The fourth-order valence-electron chi connectivity index (χ4n) is 1.61. The first-order chi connectivity index (χ1) is 8.84. The van der Waals surface area contributed by atoms with Crippen LogP contribution in [0, 0.1) is 6.92 Å². The Morgan fingerprint density at radius 1 is 1.28 bits per heavy atom. The summed E-state index contributed by atoms with van der Waals surface area (Å²) in [5.74, 6) is 0.938. The van der Waals surface area contributed by atoms with Crippen molar-refractivity contribution in [1.82, 2.24) is 10.3 Å². The van der Waals surface area contributed by atoms with Gasteiger partial charge < -0.3 is 10.1 Å². The smallest absolute Gasteiger partial charge is 0.119 e. The molecule has 1 heterocycles. The Hall–Kier alpha value is -1.39. The average molecular weight is 262 g/mol. The van der Waals surface area contributed by atoms with Gasteiger partial charge in [0, 0.05) is 11.9 Å². The molecule has 0 aliphatic heterocycles. The van der Waals surface area contributed by atoms with Crippen molar-refractivity contribution in [2.45, 2.75) is 19.9 Å². The molecule has 0 aliphatic rings. The van der Waals surface area contributed by atoms with E-state index in [0.29, 0.717) is 0 Å². The Bertz CT molecular complexity index is 456. The van der Waals surface area contributed by atoms with Crippen molar-refractivity contribution in [2.75, 3.05) is 13.2 Å². The third-order valence-corrected chi connectivity index (χ3v) is 3.30. The molecule has 0 radical (unpaired) electrons. The van der Waals surface area contributed by atoms with E-state index in [1.165, 1.54) is 0 Å². The highest BCUT2D eigenvalue weighted by atomic mass is 32.1. The van der Waals surface area contributed by atoms with Crippen molar-refractivity contribution in [2.24, 2.45) is 0 Å². The van der Waals surface area contributed by atoms with Gasteiger partial charge in [0.2, 0.25) is 0 Å². The standard InChI is InChI=1S/C14H18N2OS/c1-12-16-13(11-18-12)10-15-8-5-9-17-14-6-3-2-4-7-14/h2-4,6-7,11,15H,5,8-10H2,1H3. The maximum Gasteiger partial charge on any atom is 0.119 e. The number of benzene rings is 1. The molecule has 0 saturated carbocycles. The Balaban J connectivity index is 1.54. The normalized spacial score (nSPS) is 10.5. The zero-order valence-corrected chi connectivity index (χ0v) is 11.4. The van der Waals surface area contributed by atoms with Crippen molar-refractivity contribution in [1.29, 1.82) is 0 Å². The van der Waals surface area contributed by atoms with Crippen LogP contribution in [0.25, 0.3) is 0 Å². The van der Waals surface area contributed by atoms with E-state index in [9.17, 15) is 0 Å². The number of hydrogen-bond donors (Lipinski definition) is 1. The van der Waals surface area contributed by atoms with E-state index in [0.717, 1.165) is 42.6 Å². The van der Waals surface area contributed by atoms with E-state index < -0.39 is 0 Å². The lowest BCUT2D eigenvalue weighted by molar-refractivity contribution is 0.308. The van der Waals surface area contributed by atoms with E-state index in [-0.39, 0.29) is 0 Å². The summed E-state index contributed by atoms with van der Waals surface area (Å²) in [7, 11) is 0. The first-order valence-electron chi connectivity index (χ1n) is 6.14. The summed E-state index contributed by atoms with van der Waals surface area (Å²) in [5.41, 5.74) is 1.13. The lowest BCUT2D eigenvalue weighted by Crippen LogP contribution is -2.17. The molecule has 1 aromatic carbocycles. The van der Waals surface area contributed by atoms with Crippen LogP contribution in [-0.2, 0) is 6.54 Å².